The number of halogens is 2. The van der Waals surface area contributed by atoms with Crippen molar-refractivity contribution in [2.24, 2.45) is 5.92 Å². The van der Waals surface area contributed by atoms with Gasteiger partial charge in [0.05, 0.1) is 16.9 Å². The number of allylic oxidation sites excluding steroid dienone is 2. The second-order valence-corrected chi connectivity index (χ2v) is 5.63. The Hall–Kier alpha value is -1.52. The van der Waals surface area contributed by atoms with Crippen LogP contribution < -0.4 is 0 Å². The van der Waals surface area contributed by atoms with Gasteiger partial charge in [-0.05, 0) is 25.0 Å². The number of aliphatic carboxylic acids is 1. The zero-order chi connectivity index (χ0) is 14.3. The first-order valence-corrected chi connectivity index (χ1v) is 6.95. The maximum Gasteiger partial charge on any atom is 0.307 e. The highest BCUT2D eigenvalue weighted by atomic mass is 35.5. The molecule has 0 saturated heterocycles. The number of fused-ring (bicyclic) bond motifs is 1. The topological polar surface area (TPSA) is 63.3 Å². The van der Waals surface area contributed by atoms with E-state index in [2.05, 4.69) is 4.98 Å². The minimum Gasteiger partial charge on any atom is -0.481 e. The van der Waals surface area contributed by atoms with Gasteiger partial charge in [0, 0.05) is 5.02 Å². The van der Waals surface area contributed by atoms with Gasteiger partial charge in [-0.25, -0.2) is 4.98 Å². The molecule has 2 aromatic rings. The van der Waals surface area contributed by atoms with E-state index in [1.807, 2.05) is 12.2 Å². The van der Waals surface area contributed by atoms with Gasteiger partial charge in [0.1, 0.15) is 5.52 Å². The Balaban J connectivity index is 2.07. The van der Waals surface area contributed by atoms with Gasteiger partial charge in [0.25, 0.3) is 0 Å². The molecule has 1 aromatic carbocycles. The first-order chi connectivity index (χ1) is 9.56. The van der Waals surface area contributed by atoms with Gasteiger partial charge >= 0.3 is 5.97 Å². The molecular weight excluding hydrogens is 301 g/mol. The van der Waals surface area contributed by atoms with Crippen LogP contribution in [0.15, 0.2) is 28.7 Å². The maximum absolute atomic E-state index is 11.3. The summed E-state index contributed by atoms with van der Waals surface area (Å²) in [5.74, 6) is -1.24. The number of carbonyl (C=O) groups is 1. The van der Waals surface area contributed by atoms with Crippen molar-refractivity contribution < 1.29 is 14.3 Å². The van der Waals surface area contributed by atoms with Gasteiger partial charge in [-0.2, -0.15) is 0 Å². The Morgan fingerprint density at radius 1 is 1.30 bits per heavy atom. The van der Waals surface area contributed by atoms with E-state index in [-0.39, 0.29) is 5.92 Å². The lowest BCUT2D eigenvalue weighted by Crippen LogP contribution is -2.23. The number of oxazole rings is 1. The van der Waals surface area contributed by atoms with Crippen LogP contribution >= 0.6 is 23.2 Å². The lowest BCUT2D eigenvalue weighted by Gasteiger charge is -2.21. The van der Waals surface area contributed by atoms with Crippen LogP contribution in [0.5, 0.6) is 0 Å². The van der Waals surface area contributed by atoms with Gasteiger partial charge in [-0.3, -0.25) is 4.79 Å². The second-order valence-electron chi connectivity index (χ2n) is 4.78. The summed E-state index contributed by atoms with van der Waals surface area (Å²) in [7, 11) is 0. The minimum atomic E-state index is -0.842. The van der Waals surface area contributed by atoms with Crippen LogP contribution in [-0.4, -0.2) is 16.1 Å². The molecule has 0 spiro atoms. The maximum atomic E-state index is 11.3. The molecule has 1 aliphatic rings. The highest BCUT2D eigenvalue weighted by Crippen LogP contribution is 2.37. The molecule has 6 heteroatoms. The van der Waals surface area contributed by atoms with E-state index in [0.29, 0.717) is 39.9 Å². The molecule has 20 heavy (non-hydrogen) atoms. The molecule has 0 aliphatic heterocycles. The molecule has 2 atom stereocenters. The minimum absolute atomic E-state index is 0.278. The number of hydrogen-bond acceptors (Lipinski definition) is 3. The van der Waals surface area contributed by atoms with Crippen molar-refractivity contribution in [1.29, 1.82) is 0 Å². The predicted molar refractivity (Wildman–Crippen MR) is 76.3 cm³/mol. The molecule has 1 aliphatic carbocycles. The normalized spacial score (nSPS) is 22.3. The smallest absolute Gasteiger partial charge is 0.307 e. The lowest BCUT2D eigenvalue weighted by molar-refractivity contribution is -0.142. The fourth-order valence-corrected chi connectivity index (χ4v) is 3.02. The average molecular weight is 312 g/mol. The van der Waals surface area contributed by atoms with E-state index in [0.717, 1.165) is 0 Å². The third-order valence-corrected chi connectivity index (χ3v) is 3.99. The molecule has 0 fully saturated rings. The summed E-state index contributed by atoms with van der Waals surface area (Å²) in [6, 6.07) is 3.24. The number of benzene rings is 1. The molecule has 3 rings (SSSR count). The summed E-state index contributed by atoms with van der Waals surface area (Å²) in [5, 5.41) is 10.1. The van der Waals surface area contributed by atoms with E-state index in [1.54, 1.807) is 12.1 Å². The monoisotopic (exact) mass is 311 g/mol. The Labute approximate surface area is 125 Å². The van der Waals surface area contributed by atoms with Crippen LogP contribution in [0.4, 0.5) is 0 Å². The fraction of sp³-hybridized carbons (Fsp3) is 0.286. The third kappa shape index (κ3) is 2.30. The summed E-state index contributed by atoms with van der Waals surface area (Å²) >= 11 is 12.0. The Morgan fingerprint density at radius 3 is 2.80 bits per heavy atom. The third-order valence-electron chi connectivity index (χ3n) is 3.49. The Morgan fingerprint density at radius 2 is 2.05 bits per heavy atom. The van der Waals surface area contributed by atoms with Gasteiger partial charge < -0.3 is 9.52 Å². The largest absolute Gasteiger partial charge is 0.481 e. The van der Waals surface area contributed by atoms with Crippen LogP contribution in [0.3, 0.4) is 0 Å². The van der Waals surface area contributed by atoms with Gasteiger partial charge in [0.2, 0.25) is 0 Å². The molecule has 104 valence electrons. The molecule has 1 aromatic heterocycles. The molecule has 0 bridgehead atoms. The first-order valence-electron chi connectivity index (χ1n) is 6.19. The summed E-state index contributed by atoms with van der Waals surface area (Å²) in [5.41, 5.74) is 1.00. The van der Waals surface area contributed by atoms with Crippen molar-refractivity contribution in [3.63, 3.8) is 0 Å². The number of carboxylic acid groups (broad SMARTS) is 1. The molecular formula is C14H11Cl2NO3. The van der Waals surface area contributed by atoms with Crippen molar-refractivity contribution in [1.82, 2.24) is 4.98 Å². The van der Waals surface area contributed by atoms with Crippen molar-refractivity contribution in [2.45, 2.75) is 18.8 Å². The highest BCUT2D eigenvalue weighted by Gasteiger charge is 2.33. The lowest BCUT2D eigenvalue weighted by atomic mass is 9.83. The van der Waals surface area contributed by atoms with Crippen molar-refractivity contribution in [2.75, 3.05) is 0 Å². The molecule has 0 amide bonds. The summed E-state index contributed by atoms with van der Waals surface area (Å²) in [4.78, 5) is 15.7. The van der Waals surface area contributed by atoms with Gasteiger partial charge in [-0.15, -0.1) is 0 Å². The first kappa shape index (κ1) is 13.5. The van der Waals surface area contributed by atoms with Crippen LogP contribution in [0.2, 0.25) is 10.0 Å². The number of hydrogen-bond donors (Lipinski definition) is 1. The quantitative estimate of drug-likeness (QED) is 0.841. The zero-order valence-electron chi connectivity index (χ0n) is 10.3. The number of nitrogens with zero attached hydrogens (tertiary/aromatic N) is 1. The van der Waals surface area contributed by atoms with Crippen molar-refractivity contribution in [3.8, 4) is 0 Å². The van der Waals surface area contributed by atoms with E-state index >= 15 is 0 Å². The molecule has 0 unspecified atom stereocenters. The van der Waals surface area contributed by atoms with E-state index in [1.165, 1.54) is 0 Å². The molecule has 1 heterocycles. The Kier molecular flexibility index (Phi) is 3.44. The summed E-state index contributed by atoms with van der Waals surface area (Å²) in [6.45, 7) is 0. The van der Waals surface area contributed by atoms with E-state index in [4.69, 9.17) is 27.6 Å². The van der Waals surface area contributed by atoms with Crippen LogP contribution in [-0.2, 0) is 4.79 Å². The predicted octanol–water partition coefficient (Wildman–Crippen LogP) is 4.27. The summed E-state index contributed by atoms with van der Waals surface area (Å²) in [6.07, 6.45) is 4.90. The number of aromatic nitrogens is 1. The fourth-order valence-electron chi connectivity index (χ4n) is 2.50. The molecule has 4 nitrogen and oxygen atoms in total. The van der Waals surface area contributed by atoms with Crippen LogP contribution in [0.25, 0.3) is 11.1 Å². The van der Waals surface area contributed by atoms with E-state index < -0.39 is 11.9 Å². The van der Waals surface area contributed by atoms with Crippen molar-refractivity contribution in [3.05, 3.63) is 40.2 Å². The number of carboxylic acids is 1. The average Bonchev–Trinajstić information content (AvgIpc) is 2.82. The molecule has 0 saturated carbocycles. The summed E-state index contributed by atoms with van der Waals surface area (Å²) < 4.78 is 5.67. The highest BCUT2D eigenvalue weighted by molar-refractivity contribution is 6.37. The van der Waals surface area contributed by atoms with Crippen LogP contribution in [0.1, 0.15) is 24.7 Å². The Bertz CT molecular complexity index is 708. The second kappa shape index (κ2) is 5.11. The van der Waals surface area contributed by atoms with Gasteiger partial charge in [0.15, 0.2) is 11.5 Å². The van der Waals surface area contributed by atoms with E-state index in [9.17, 15) is 9.90 Å². The number of rotatable bonds is 2. The van der Waals surface area contributed by atoms with Crippen LogP contribution in [0, 0.1) is 5.92 Å². The molecule has 0 radical (unpaired) electrons. The standard InChI is InChI=1S/C14H11Cl2NO3/c15-7-5-10(16)12-11(6-7)17-13(20-12)8-3-1-2-4-9(8)14(18)19/h1-2,5-6,8-9H,3-4H2,(H,18,19)/t8-,9+/m1/s1. The SMILES string of the molecule is O=C(O)[C@H]1CC=CC[C@H]1c1nc2cc(Cl)cc(Cl)c2o1. The zero-order valence-corrected chi connectivity index (χ0v) is 11.9. The molecule has 1 N–H and O–H groups in total. The van der Waals surface area contributed by atoms with Gasteiger partial charge in [-0.1, -0.05) is 35.4 Å². The van der Waals surface area contributed by atoms with Crippen molar-refractivity contribution >= 4 is 40.3 Å².